The van der Waals surface area contributed by atoms with Gasteiger partial charge >= 0.3 is 6.72 Å². The Hall–Kier alpha value is -0.220. The van der Waals surface area contributed by atoms with Crippen LogP contribution in [0.4, 0.5) is 0 Å². The average Bonchev–Trinajstić information content (AvgIpc) is 2.46. The van der Waals surface area contributed by atoms with Gasteiger partial charge in [0.25, 0.3) is 0 Å². The summed E-state index contributed by atoms with van der Waals surface area (Å²) in [5, 5.41) is 0. The van der Waals surface area contributed by atoms with E-state index in [-0.39, 0.29) is 0 Å². The van der Waals surface area contributed by atoms with Gasteiger partial charge in [0.15, 0.2) is 5.90 Å². The summed E-state index contributed by atoms with van der Waals surface area (Å²) in [5.41, 5.74) is 0. The fraction of sp³-hybridized carbons (Fsp3) is 0.700. The molecule has 0 amide bonds. The van der Waals surface area contributed by atoms with Crippen LogP contribution in [-0.2, 0) is 25.4 Å². The molecule has 1 aliphatic heterocycles. The molecule has 1 heterocycles. The highest BCUT2D eigenvalue weighted by Gasteiger charge is 2.23. The van der Waals surface area contributed by atoms with E-state index in [0.29, 0.717) is 19.1 Å². The summed E-state index contributed by atoms with van der Waals surface area (Å²) < 4.78 is 16.4. The zero-order chi connectivity index (χ0) is 11.9. The van der Waals surface area contributed by atoms with Gasteiger partial charge in [-0.25, -0.2) is 4.99 Å². The molecule has 0 N–H and O–H groups in total. The summed E-state index contributed by atoms with van der Waals surface area (Å²) in [7, 11) is 0. The molecule has 0 unspecified atom stereocenters. The van der Waals surface area contributed by atoms with Crippen molar-refractivity contribution in [1.82, 2.24) is 0 Å². The molecular formula is C10H18NO3PS. The molecule has 1 aliphatic rings. The van der Waals surface area contributed by atoms with E-state index >= 15 is 0 Å². The lowest BCUT2D eigenvalue weighted by Crippen LogP contribution is -2.06. The minimum Gasteiger partial charge on any atom is -0.410 e. The summed E-state index contributed by atoms with van der Waals surface area (Å²) in [4.78, 5) is 4.19. The van der Waals surface area contributed by atoms with Gasteiger partial charge in [0, 0.05) is 24.4 Å². The molecular weight excluding hydrogens is 245 g/mol. The molecule has 92 valence electrons. The van der Waals surface area contributed by atoms with Crippen LogP contribution < -0.4 is 0 Å². The minimum absolute atomic E-state index is 0.487. The molecule has 1 rings (SSSR count). The summed E-state index contributed by atoms with van der Waals surface area (Å²) >= 11 is 5.26. The second kappa shape index (κ2) is 7.17. The predicted molar refractivity (Wildman–Crippen MR) is 69.0 cm³/mol. The average molecular weight is 263 g/mol. The molecule has 4 nitrogen and oxygen atoms in total. The van der Waals surface area contributed by atoms with Gasteiger partial charge < -0.3 is 4.52 Å². The normalized spacial score (nSPS) is 16.8. The van der Waals surface area contributed by atoms with E-state index in [1.54, 1.807) is 6.20 Å². The van der Waals surface area contributed by atoms with E-state index in [1.165, 1.54) is 0 Å². The van der Waals surface area contributed by atoms with Crippen molar-refractivity contribution in [1.29, 1.82) is 0 Å². The number of hydrogen-bond donors (Lipinski definition) is 0. The lowest BCUT2D eigenvalue weighted by molar-refractivity contribution is 0.213. The van der Waals surface area contributed by atoms with Crippen LogP contribution in [0.25, 0.3) is 0 Å². The highest BCUT2D eigenvalue weighted by atomic mass is 32.5. The van der Waals surface area contributed by atoms with Crippen molar-refractivity contribution >= 4 is 24.4 Å². The Kier molecular flexibility index (Phi) is 6.21. The molecule has 0 aromatic heterocycles. The molecule has 0 spiro atoms. The molecule has 0 atom stereocenters. The zero-order valence-electron chi connectivity index (χ0n) is 9.72. The van der Waals surface area contributed by atoms with Gasteiger partial charge in [-0.1, -0.05) is 6.08 Å². The lowest BCUT2D eigenvalue weighted by atomic mass is 10.2. The summed E-state index contributed by atoms with van der Waals surface area (Å²) in [6.07, 6.45) is 6.58. The van der Waals surface area contributed by atoms with Crippen molar-refractivity contribution in [2.75, 3.05) is 13.2 Å². The van der Waals surface area contributed by atoms with E-state index in [9.17, 15) is 0 Å². The van der Waals surface area contributed by atoms with Crippen molar-refractivity contribution in [3.63, 3.8) is 0 Å². The molecule has 16 heavy (non-hydrogen) atoms. The van der Waals surface area contributed by atoms with Crippen molar-refractivity contribution in [3.05, 3.63) is 12.3 Å². The van der Waals surface area contributed by atoms with Crippen LogP contribution in [0.5, 0.6) is 0 Å². The van der Waals surface area contributed by atoms with Gasteiger partial charge in [-0.05, 0) is 26.7 Å². The topological polar surface area (TPSA) is 40.0 Å². The van der Waals surface area contributed by atoms with Gasteiger partial charge in [-0.2, -0.15) is 0 Å². The molecule has 0 aromatic carbocycles. The van der Waals surface area contributed by atoms with Crippen LogP contribution in [0.1, 0.15) is 33.1 Å². The molecule has 0 fully saturated rings. The van der Waals surface area contributed by atoms with E-state index < -0.39 is 6.72 Å². The Morgan fingerprint density at radius 3 is 2.69 bits per heavy atom. The maximum atomic E-state index is 5.62. The number of rotatable bonds is 5. The molecule has 0 bridgehead atoms. The van der Waals surface area contributed by atoms with Crippen LogP contribution in [0.3, 0.4) is 0 Å². The maximum Gasteiger partial charge on any atom is 0.381 e. The summed E-state index contributed by atoms with van der Waals surface area (Å²) in [6.45, 7) is 2.08. The SMILES string of the molecule is CCOP(=S)(OCC)OC1=NC=CCCC1. The quantitative estimate of drug-likeness (QED) is 0.713. The molecule has 0 aromatic rings. The van der Waals surface area contributed by atoms with Gasteiger partial charge in [0.1, 0.15) is 0 Å². The predicted octanol–water partition coefficient (Wildman–Crippen LogP) is 3.40. The zero-order valence-corrected chi connectivity index (χ0v) is 11.4. The van der Waals surface area contributed by atoms with Crippen LogP contribution in [0, 0.1) is 0 Å². The highest BCUT2D eigenvalue weighted by Crippen LogP contribution is 2.50. The van der Waals surface area contributed by atoms with Gasteiger partial charge in [0.2, 0.25) is 0 Å². The lowest BCUT2D eigenvalue weighted by Gasteiger charge is -2.21. The van der Waals surface area contributed by atoms with E-state index in [2.05, 4.69) is 4.99 Å². The third-order valence-electron chi connectivity index (χ3n) is 1.88. The maximum absolute atomic E-state index is 5.62. The monoisotopic (exact) mass is 263 g/mol. The van der Waals surface area contributed by atoms with E-state index in [0.717, 1.165) is 19.3 Å². The summed E-state index contributed by atoms with van der Waals surface area (Å²) in [5.74, 6) is 0.624. The fourth-order valence-corrected chi connectivity index (χ4v) is 3.35. The van der Waals surface area contributed by atoms with Crippen molar-refractivity contribution < 1.29 is 13.6 Å². The van der Waals surface area contributed by atoms with Crippen molar-refractivity contribution in [3.8, 4) is 0 Å². The first kappa shape index (κ1) is 13.8. The van der Waals surface area contributed by atoms with Crippen molar-refractivity contribution in [2.45, 2.75) is 33.1 Å². The van der Waals surface area contributed by atoms with Gasteiger partial charge in [0.05, 0.1) is 13.2 Å². The Morgan fingerprint density at radius 1 is 1.38 bits per heavy atom. The summed E-state index contributed by atoms with van der Waals surface area (Å²) in [6, 6.07) is 0. The molecule has 0 saturated heterocycles. The Bertz CT molecular complexity index is 307. The third kappa shape index (κ3) is 4.74. The van der Waals surface area contributed by atoms with Crippen LogP contribution in [-0.4, -0.2) is 19.1 Å². The Morgan fingerprint density at radius 2 is 2.06 bits per heavy atom. The van der Waals surface area contributed by atoms with Crippen LogP contribution in [0.2, 0.25) is 0 Å². The smallest absolute Gasteiger partial charge is 0.381 e. The third-order valence-corrected chi connectivity index (χ3v) is 4.32. The first-order chi connectivity index (χ1) is 7.70. The van der Waals surface area contributed by atoms with Gasteiger partial charge in [-0.3, -0.25) is 9.05 Å². The number of allylic oxidation sites excluding steroid dienone is 1. The Balaban J connectivity index is 2.63. The molecule has 0 saturated carbocycles. The second-order valence-corrected chi connectivity index (χ2v) is 6.11. The molecule has 0 radical (unpaired) electrons. The number of aliphatic imine (C=N–C) groups is 1. The standard InChI is InChI=1S/C10H18NO3PS/c1-3-12-15(16,13-4-2)14-10-8-6-5-7-9-11-10/h7,9H,3-6,8H2,1-2H3. The second-order valence-electron chi connectivity index (χ2n) is 3.17. The number of hydrogen-bond acceptors (Lipinski definition) is 5. The minimum atomic E-state index is -2.64. The first-order valence-electron chi connectivity index (χ1n) is 5.50. The largest absolute Gasteiger partial charge is 0.410 e. The first-order valence-corrected chi connectivity index (χ1v) is 8.06. The van der Waals surface area contributed by atoms with Gasteiger partial charge in [-0.15, -0.1) is 0 Å². The molecule has 6 heteroatoms. The highest BCUT2D eigenvalue weighted by molar-refractivity contribution is 8.07. The van der Waals surface area contributed by atoms with Crippen LogP contribution in [0.15, 0.2) is 17.3 Å². The molecule has 0 aliphatic carbocycles. The van der Waals surface area contributed by atoms with Crippen molar-refractivity contribution in [2.24, 2.45) is 4.99 Å². The van der Waals surface area contributed by atoms with Crippen LogP contribution >= 0.6 is 6.72 Å². The van der Waals surface area contributed by atoms with E-state index in [4.69, 9.17) is 25.4 Å². The Labute approximate surface area is 102 Å². The number of nitrogens with zero attached hydrogens (tertiary/aromatic N) is 1. The van der Waals surface area contributed by atoms with E-state index in [1.807, 2.05) is 19.9 Å². The fourth-order valence-electron chi connectivity index (χ4n) is 1.25.